The first-order valence-electron chi connectivity index (χ1n) is 12.2. The number of hydrogen-bond acceptors (Lipinski definition) is 7. The van der Waals surface area contributed by atoms with Crippen LogP contribution in [0.4, 0.5) is 5.69 Å². The van der Waals surface area contributed by atoms with Gasteiger partial charge in [-0.05, 0) is 49.1 Å². The molecule has 0 unspecified atom stereocenters. The van der Waals surface area contributed by atoms with Crippen LogP contribution in [0.2, 0.25) is 0 Å². The molecule has 0 spiro atoms. The highest BCUT2D eigenvalue weighted by molar-refractivity contribution is 8.03. The van der Waals surface area contributed by atoms with Gasteiger partial charge in [0.05, 0.1) is 47.7 Å². The van der Waals surface area contributed by atoms with Gasteiger partial charge in [-0.15, -0.1) is 0 Å². The molecule has 36 heavy (non-hydrogen) atoms. The molecule has 6 nitrogen and oxygen atoms in total. The van der Waals surface area contributed by atoms with Crippen LogP contribution in [-0.2, 0) is 11.3 Å². The minimum absolute atomic E-state index is 0.0236. The summed E-state index contributed by atoms with van der Waals surface area (Å²) in [6, 6.07) is 12.2. The topological polar surface area (TPSA) is 62.9 Å². The van der Waals surface area contributed by atoms with E-state index < -0.39 is 0 Å². The van der Waals surface area contributed by atoms with Gasteiger partial charge in [0.15, 0.2) is 6.54 Å². The van der Waals surface area contributed by atoms with E-state index in [0.29, 0.717) is 11.1 Å². The van der Waals surface area contributed by atoms with E-state index in [-0.39, 0.29) is 11.5 Å². The Balaban J connectivity index is 1.33. The SMILES string of the molecule is COc1ccc2c(c1)N1CCCC(C3=C(O)C(=C4CCC[n+]5c4sc4ccc(OC)cc45)C3=O)=C1S2. The molecule has 0 fully saturated rings. The Bertz CT molecular complexity index is 1580. The molecule has 1 aliphatic carbocycles. The molecule has 0 radical (unpaired) electrons. The fraction of sp³-hybridized carbons (Fsp3) is 0.286. The largest absolute Gasteiger partial charge is 0.506 e. The predicted molar refractivity (Wildman–Crippen MR) is 142 cm³/mol. The van der Waals surface area contributed by atoms with Crippen LogP contribution in [0.25, 0.3) is 15.8 Å². The smallest absolute Gasteiger partial charge is 0.266 e. The van der Waals surface area contributed by atoms with E-state index in [1.165, 1.54) is 0 Å². The number of Topliss-reactive ketones (excluding diaryl/α,β-unsaturated/α-hetero) is 1. The zero-order valence-corrected chi connectivity index (χ0v) is 21.7. The second kappa shape index (κ2) is 8.15. The van der Waals surface area contributed by atoms with Crippen LogP contribution in [0.3, 0.4) is 0 Å². The predicted octanol–water partition coefficient (Wildman–Crippen LogP) is 5.77. The molecule has 3 aliphatic heterocycles. The van der Waals surface area contributed by atoms with Crippen molar-refractivity contribution in [2.75, 3.05) is 25.7 Å². The molecule has 182 valence electrons. The summed E-state index contributed by atoms with van der Waals surface area (Å²) in [5.74, 6) is 1.78. The third-order valence-electron chi connectivity index (χ3n) is 7.48. The van der Waals surface area contributed by atoms with Crippen molar-refractivity contribution in [1.29, 1.82) is 0 Å². The van der Waals surface area contributed by atoms with Gasteiger partial charge in [-0.2, -0.15) is 4.57 Å². The molecule has 3 aromatic rings. The minimum Gasteiger partial charge on any atom is -0.506 e. The van der Waals surface area contributed by atoms with E-state index in [9.17, 15) is 9.90 Å². The van der Waals surface area contributed by atoms with Crippen LogP contribution in [0.15, 0.2) is 68.8 Å². The third-order valence-corrected chi connectivity index (χ3v) is 9.93. The number of allylic oxidation sites excluding steroid dienone is 4. The van der Waals surface area contributed by atoms with E-state index in [1.807, 2.05) is 12.1 Å². The van der Waals surface area contributed by atoms with Crippen molar-refractivity contribution < 1.29 is 23.9 Å². The number of anilines is 1. The van der Waals surface area contributed by atoms with Crippen molar-refractivity contribution in [3.63, 3.8) is 0 Å². The average Bonchev–Trinajstić information content (AvgIpc) is 3.47. The number of aromatic nitrogens is 1. The monoisotopic (exact) mass is 517 g/mol. The third kappa shape index (κ3) is 3.04. The highest BCUT2D eigenvalue weighted by Crippen LogP contribution is 2.54. The highest BCUT2D eigenvalue weighted by Gasteiger charge is 2.44. The summed E-state index contributed by atoms with van der Waals surface area (Å²) < 4.78 is 14.3. The second-order valence-corrected chi connectivity index (χ2v) is 11.4. The lowest BCUT2D eigenvalue weighted by Crippen LogP contribution is -2.40. The number of fused-ring (bicyclic) bond motifs is 6. The first-order valence-corrected chi connectivity index (χ1v) is 13.8. The molecule has 0 saturated carbocycles. The minimum atomic E-state index is -0.0236. The number of nitrogens with zero attached hydrogens (tertiary/aromatic N) is 2. The summed E-state index contributed by atoms with van der Waals surface area (Å²) >= 11 is 3.37. The Kier molecular flexibility index (Phi) is 4.98. The number of carbonyl (C=O) groups is 1. The van der Waals surface area contributed by atoms with E-state index in [0.717, 1.165) is 92.3 Å². The average molecular weight is 518 g/mol. The van der Waals surface area contributed by atoms with Gasteiger partial charge < -0.3 is 19.5 Å². The van der Waals surface area contributed by atoms with Gasteiger partial charge in [-0.3, -0.25) is 4.79 Å². The van der Waals surface area contributed by atoms with Gasteiger partial charge >= 0.3 is 0 Å². The van der Waals surface area contributed by atoms with Crippen molar-refractivity contribution in [1.82, 2.24) is 0 Å². The number of benzene rings is 2. The molecule has 1 aromatic heterocycles. The lowest BCUT2D eigenvalue weighted by atomic mass is 9.78. The van der Waals surface area contributed by atoms with Crippen LogP contribution in [0.1, 0.15) is 30.7 Å². The fourth-order valence-electron chi connectivity index (χ4n) is 5.74. The fourth-order valence-corrected chi connectivity index (χ4v) is 8.23. The molecule has 7 rings (SSSR count). The summed E-state index contributed by atoms with van der Waals surface area (Å²) in [4.78, 5) is 17.1. The van der Waals surface area contributed by atoms with Gasteiger partial charge in [-0.25, -0.2) is 0 Å². The molecule has 2 aromatic carbocycles. The zero-order chi connectivity index (χ0) is 24.6. The van der Waals surface area contributed by atoms with Crippen LogP contribution in [-0.4, -0.2) is 31.7 Å². The maximum atomic E-state index is 13.7. The number of methoxy groups -OCH3 is 2. The first-order chi connectivity index (χ1) is 17.6. The summed E-state index contributed by atoms with van der Waals surface area (Å²) in [6.07, 6.45) is 3.45. The molecule has 0 bridgehead atoms. The molecule has 4 heterocycles. The molecule has 4 aliphatic rings. The van der Waals surface area contributed by atoms with Crippen molar-refractivity contribution in [2.24, 2.45) is 0 Å². The summed E-state index contributed by atoms with van der Waals surface area (Å²) in [5, 5.41) is 13.5. The van der Waals surface area contributed by atoms with Crippen molar-refractivity contribution in [3.8, 4) is 11.5 Å². The van der Waals surface area contributed by atoms with Gasteiger partial charge in [-0.1, -0.05) is 23.1 Å². The number of aliphatic hydroxyl groups excluding tert-OH is 1. The molecule has 0 atom stereocenters. The molecular formula is C28H25N2O4S2+. The Morgan fingerprint density at radius 1 is 0.972 bits per heavy atom. The van der Waals surface area contributed by atoms with E-state index >= 15 is 0 Å². The summed E-state index contributed by atoms with van der Waals surface area (Å²) in [6.45, 7) is 1.79. The van der Waals surface area contributed by atoms with Crippen LogP contribution >= 0.6 is 23.1 Å². The molecule has 0 saturated heterocycles. The van der Waals surface area contributed by atoms with E-state index in [1.54, 1.807) is 37.3 Å². The first kappa shape index (κ1) is 22.0. The summed E-state index contributed by atoms with van der Waals surface area (Å²) in [7, 11) is 3.35. The van der Waals surface area contributed by atoms with Crippen molar-refractivity contribution >= 4 is 50.4 Å². The second-order valence-electron chi connectivity index (χ2n) is 9.38. The Labute approximate surface area is 217 Å². The van der Waals surface area contributed by atoms with Crippen molar-refractivity contribution in [2.45, 2.75) is 37.1 Å². The zero-order valence-electron chi connectivity index (χ0n) is 20.1. The standard InChI is InChI=1S/C28H24N2O4S2/c1-33-15-7-9-21-19(13-15)29-11-3-5-17(27(29)35-21)23-25(31)24(26(23)32)18-6-4-12-30-20-14-16(34-2)8-10-22(20)36-28(18)30/h7-10,13-14H,3-6,11-12H2,1-2H3/p+1. The number of thioether (sulfide) groups is 1. The molecule has 1 N–H and O–H groups in total. The van der Waals surface area contributed by atoms with Gasteiger partial charge in [0.2, 0.25) is 11.3 Å². The maximum Gasteiger partial charge on any atom is 0.266 e. The molecule has 8 heteroatoms. The van der Waals surface area contributed by atoms with Gasteiger partial charge in [0.1, 0.15) is 22.0 Å². The highest BCUT2D eigenvalue weighted by atomic mass is 32.2. The molecule has 0 amide bonds. The number of rotatable bonds is 3. The lowest BCUT2D eigenvalue weighted by Gasteiger charge is -2.32. The number of hydrogen-bond donors (Lipinski definition) is 1. The number of ketones is 1. The molecular weight excluding hydrogens is 492 g/mol. The van der Waals surface area contributed by atoms with Gasteiger partial charge in [0.25, 0.3) is 5.01 Å². The van der Waals surface area contributed by atoms with E-state index in [2.05, 4.69) is 33.7 Å². The Morgan fingerprint density at radius 2 is 1.75 bits per heavy atom. The summed E-state index contributed by atoms with van der Waals surface area (Å²) in [5.41, 5.74) is 5.18. The van der Waals surface area contributed by atoms with E-state index in [4.69, 9.17) is 9.47 Å². The van der Waals surface area contributed by atoms with Crippen LogP contribution < -0.4 is 18.9 Å². The number of aryl methyl sites for hydroxylation is 1. The number of ether oxygens (including phenoxy) is 2. The maximum absolute atomic E-state index is 13.7. The van der Waals surface area contributed by atoms with Gasteiger partial charge in [0, 0.05) is 23.9 Å². The van der Waals surface area contributed by atoms with Crippen molar-refractivity contribution in [3.05, 3.63) is 68.9 Å². The number of thiazole rings is 1. The number of aliphatic hydroxyl groups is 1. The lowest BCUT2D eigenvalue weighted by molar-refractivity contribution is -0.672. The number of carbonyl (C=O) groups excluding carboxylic acids is 1. The van der Waals surface area contributed by atoms with Crippen LogP contribution in [0, 0.1) is 0 Å². The quantitative estimate of drug-likeness (QED) is 0.352. The Morgan fingerprint density at radius 3 is 2.56 bits per heavy atom. The normalized spacial score (nSPS) is 20.9. The van der Waals surface area contributed by atoms with Crippen LogP contribution in [0.5, 0.6) is 11.5 Å². The Hall–Kier alpha value is -3.23.